The molecule has 0 aromatic heterocycles. The number of fused-ring (bicyclic) bond motifs is 1. The number of carbonyl (C=O) groups excluding carboxylic acids is 1. The largest absolute Gasteiger partial charge is 0.311 e. The summed E-state index contributed by atoms with van der Waals surface area (Å²) in [6, 6.07) is 16.9. The molecule has 3 aromatic rings. The zero-order valence-electron chi connectivity index (χ0n) is 23.5. The number of anilines is 1. The number of carbonyl (C=O) groups is 1. The molecule has 0 fully saturated rings. The highest BCUT2D eigenvalue weighted by molar-refractivity contribution is 7.90. The van der Waals surface area contributed by atoms with Crippen LogP contribution in [-0.2, 0) is 14.8 Å². The summed E-state index contributed by atoms with van der Waals surface area (Å²) in [7, 11) is -2.61. The Bertz CT molecular complexity index is 1560. The van der Waals surface area contributed by atoms with Crippen molar-refractivity contribution in [3.05, 3.63) is 100 Å². The maximum Gasteiger partial charge on any atom is 0.283 e. The van der Waals surface area contributed by atoms with Crippen LogP contribution in [-0.4, -0.2) is 27.1 Å². The van der Waals surface area contributed by atoms with Crippen molar-refractivity contribution in [3.63, 3.8) is 0 Å². The minimum atomic E-state index is -4.22. The zero-order chi connectivity index (χ0) is 28.6. The van der Waals surface area contributed by atoms with Gasteiger partial charge in [-0.05, 0) is 58.7 Å². The first-order chi connectivity index (χ1) is 18.3. The van der Waals surface area contributed by atoms with Crippen molar-refractivity contribution in [2.24, 2.45) is 4.40 Å². The van der Waals surface area contributed by atoms with Gasteiger partial charge in [-0.25, -0.2) is 4.39 Å². The highest BCUT2D eigenvalue weighted by atomic mass is 32.2. The number of hydrogen-bond acceptors (Lipinski definition) is 3. The number of halogens is 1. The second-order valence-corrected chi connectivity index (χ2v) is 12.4. The van der Waals surface area contributed by atoms with Gasteiger partial charge in [0.25, 0.3) is 15.9 Å². The number of allylic oxidation sites excluding steroid dienone is 1. The molecular weight excluding hydrogens is 511 g/mol. The lowest BCUT2D eigenvalue weighted by Gasteiger charge is -2.21. The van der Waals surface area contributed by atoms with Gasteiger partial charge in [-0.15, -0.1) is 0 Å². The molecule has 7 heteroatoms. The molecule has 0 N–H and O–H groups in total. The van der Waals surface area contributed by atoms with Crippen molar-refractivity contribution in [1.29, 1.82) is 0 Å². The van der Waals surface area contributed by atoms with E-state index >= 15 is 0 Å². The second kappa shape index (κ2) is 10.9. The Morgan fingerprint density at radius 3 is 2.00 bits per heavy atom. The van der Waals surface area contributed by atoms with Crippen LogP contribution in [0, 0.1) is 5.82 Å². The molecule has 0 radical (unpaired) electrons. The molecule has 3 aromatic carbocycles. The topological polar surface area (TPSA) is 66.8 Å². The fourth-order valence-electron chi connectivity index (χ4n) is 4.83. The van der Waals surface area contributed by atoms with Crippen molar-refractivity contribution in [3.8, 4) is 0 Å². The molecule has 4 rings (SSSR count). The highest BCUT2D eigenvalue weighted by Gasteiger charge is 2.32. The summed E-state index contributed by atoms with van der Waals surface area (Å²) in [5.41, 5.74) is 4.30. The Morgan fingerprint density at radius 2 is 1.46 bits per heavy atom. The minimum absolute atomic E-state index is 0.0559. The van der Waals surface area contributed by atoms with Crippen molar-refractivity contribution in [1.82, 2.24) is 0 Å². The van der Waals surface area contributed by atoms with Gasteiger partial charge in [-0.2, -0.15) is 12.8 Å². The number of hydrogen-bond donors (Lipinski definition) is 0. The van der Waals surface area contributed by atoms with Crippen molar-refractivity contribution >= 4 is 32.9 Å². The summed E-state index contributed by atoms with van der Waals surface area (Å²) < 4.78 is 47.0. The van der Waals surface area contributed by atoms with E-state index in [2.05, 4.69) is 18.2 Å². The third-order valence-electron chi connectivity index (χ3n) is 7.05. The lowest BCUT2D eigenvalue weighted by atomic mass is 9.89. The average molecular weight is 547 g/mol. The normalized spacial score (nSPS) is 15.3. The summed E-state index contributed by atoms with van der Waals surface area (Å²) in [6.07, 6.45) is 1.46. The van der Waals surface area contributed by atoms with Crippen LogP contribution in [0.3, 0.4) is 0 Å². The SMILES string of the molecule is CC(C)c1cc(C(C)C)c(S(=O)(=O)/N=C(/C=C2\C(=O)N(C)c3ccc(F)cc32)c2ccccc2)c(C(C)C)c1. The van der Waals surface area contributed by atoms with E-state index in [0.717, 1.165) is 16.7 Å². The number of benzene rings is 3. The zero-order valence-corrected chi connectivity index (χ0v) is 24.3. The van der Waals surface area contributed by atoms with Crippen molar-refractivity contribution in [2.75, 3.05) is 11.9 Å². The third-order valence-corrected chi connectivity index (χ3v) is 8.48. The van der Waals surface area contributed by atoms with Gasteiger partial charge >= 0.3 is 0 Å². The second-order valence-electron chi connectivity index (χ2n) is 10.9. The summed E-state index contributed by atoms with van der Waals surface area (Å²) in [5.74, 6) is -0.722. The van der Waals surface area contributed by atoms with Gasteiger partial charge in [0, 0.05) is 18.2 Å². The Hall–Kier alpha value is -3.58. The first kappa shape index (κ1) is 28.4. The molecule has 1 aliphatic rings. The van der Waals surface area contributed by atoms with Crippen LogP contribution in [0.15, 0.2) is 76.0 Å². The van der Waals surface area contributed by atoms with E-state index in [-0.39, 0.29) is 39.8 Å². The number of sulfonamides is 1. The molecule has 0 spiro atoms. The molecule has 1 aliphatic heterocycles. The maximum absolute atomic E-state index is 14.2. The van der Waals surface area contributed by atoms with Gasteiger partial charge in [0.15, 0.2) is 0 Å². The number of likely N-dealkylation sites (N-methyl/N-ethyl adjacent to an activating group) is 1. The molecule has 5 nitrogen and oxygen atoms in total. The van der Waals surface area contributed by atoms with Gasteiger partial charge in [0.05, 0.1) is 21.9 Å². The Kier molecular flexibility index (Phi) is 7.94. The highest BCUT2D eigenvalue weighted by Crippen LogP contribution is 2.38. The smallest absolute Gasteiger partial charge is 0.283 e. The van der Waals surface area contributed by atoms with Gasteiger partial charge in [-0.1, -0.05) is 84.0 Å². The number of amides is 1. The summed E-state index contributed by atoms with van der Waals surface area (Å²) in [4.78, 5) is 14.8. The third kappa shape index (κ3) is 5.59. The van der Waals surface area contributed by atoms with E-state index in [4.69, 9.17) is 0 Å². The van der Waals surface area contributed by atoms with Crippen LogP contribution in [0.5, 0.6) is 0 Å². The van der Waals surface area contributed by atoms with Crippen molar-refractivity contribution in [2.45, 2.75) is 64.2 Å². The van der Waals surface area contributed by atoms with E-state index in [0.29, 0.717) is 16.8 Å². The number of rotatable bonds is 7. The van der Waals surface area contributed by atoms with Gasteiger partial charge in [0.2, 0.25) is 0 Å². The van der Waals surface area contributed by atoms with Gasteiger partial charge in [0.1, 0.15) is 5.82 Å². The molecule has 0 saturated carbocycles. The van der Waals surface area contributed by atoms with Crippen LogP contribution in [0.4, 0.5) is 10.1 Å². The lowest BCUT2D eigenvalue weighted by Crippen LogP contribution is -2.20. The van der Waals surface area contributed by atoms with E-state index in [1.54, 1.807) is 37.4 Å². The minimum Gasteiger partial charge on any atom is -0.311 e. The van der Waals surface area contributed by atoms with E-state index < -0.39 is 15.8 Å². The monoisotopic (exact) mass is 546 g/mol. The fraction of sp³-hybridized carbons (Fsp3) is 0.312. The Morgan fingerprint density at radius 1 is 0.872 bits per heavy atom. The quantitative estimate of drug-likeness (QED) is 0.229. The van der Waals surface area contributed by atoms with E-state index in [1.165, 1.54) is 23.1 Å². The molecule has 0 unspecified atom stereocenters. The van der Waals surface area contributed by atoms with Crippen LogP contribution in [0.1, 0.15) is 87.1 Å². The molecular formula is C32H35FN2O3S. The van der Waals surface area contributed by atoms with E-state index in [9.17, 15) is 17.6 Å². The molecule has 1 amide bonds. The van der Waals surface area contributed by atoms with Gasteiger partial charge < -0.3 is 4.90 Å². The van der Waals surface area contributed by atoms with Crippen LogP contribution in [0.25, 0.3) is 5.57 Å². The standard InChI is InChI=1S/C32H35FN2O3S/c1-19(2)23-15-25(20(3)4)31(26(16-23)21(5)6)39(37,38)34-29(22-11-9-8-10-12-22)18-28-27-17-24(33)13-14-30(27)35(7)32(28)36/h8-21H,1-7H3/b28-18-,34-29-. The Labute approximate surface area is 231 Å². The maximum atomic E-state index is 14.2. The number of nitrogens with zero attached hydrogens (tertiary/aromatic N) is 2. The first-order valence-electron chi connectivity index (χ1n) is 13.2. The average Bonchev–Trinajstić information content (AvgIpc) is 3.11. The van der Waals surface area contributed by atoms with Crippen LogP contribution in [0.2, 0.25) is 0 Å². The lowest BCUT2D eigenvalue weighted by molar-refractivity contribution is -0.112. The summed E-state index contributed by atoms with van der Waals surface area (Å²) in [6.45, 7) is 12.1. The molecule has 0 atom stereocenters. The molecule has 204 valence electrons. The molecule has 0 saturated heterocycles. The molecule has 0 aliphatic carbocycles. The molecule has 39 heavy (non-hydrogen) atoms. The predicted octanol–water partition coefficient (Wildman–Crippen LogP) is 7.43. The first-order valence-corrected chi connectivity index (χ1v) is 14.6. The fourth-order valence-corrected chi connectivity index (χ4v) is 6.53. The van der Waals surface area contributed by atoms with Gasteiger partial charge in [-0.3, -0.25) is 4.79 Å². The predicted molar refractivity (Wildman–Crippen MR) is 157 cm³/mol. The van der Waals surface area contributed by atoms with E-state index in [1.807, 2.05) is 45.9 Å². The summed E-state index contributed by atoms with van der Waals surface area (Å²) in [5, 5.41) is 0. The van der Waals surface area contributed by atoms with Crippen molar-refractivity contribution < 1.29 is 17.6 Å². The summed E-state index contributed by atoms with van der Waals surface area (Å²) >= 11 is 0. The van der Waals surface area contributed by atoms with Crippen LogP contribution < -0.4 is 4.90 Å². The molecule has 1 heterocycles. The Balaban J connectivity index is 2.01. The van der Waals surface area contributed by atoms with Crippen LogP contribution >= 0.6 is 0 Å². The molecule has 0 bridgehead atoms.